The lowest BCUT2D eigenvalue weighted by atomic mass is 10.1. The Bertz CT molecular complexity index is 443. The highest BCUT2D eigenvalue weighted by atomic mass is 32.1. The zero-order valence-electron chi connectivity index (χ0n) is 10.4. The Morgan fingerprint density at radius 1 is 1.33 bits per heavy atom. The molecule has 1 aliphatic carbocycles. The Balaban J connectivity index is 2.09. The average molecular weight is 267 g/mol. The van der Waals surface area contributed by atoms with Crippen LogP contribution in [0.4, 0.5) is 0 Å². The van der Waals surface area contributed by atoms with Gasteiger partial charge in [-0.2, -0.15) is 0 Å². The lowest BCUT2D eigenvalue weighted by Gasteiger charge is -2.07. The van der Waals surface area contributed by atoms with E-state index in [0.29, 0.717) is 4.88 Å². The number of nitrogens with one attached hydrogen (secondary N) is 1. The molecule has 0 bridgehead atoms. The molecule has 4 nitrogen and oxygen atoms in total. The normalized spacial score (nSPS) is 16.5. The lowest BCUT2D eigenvalue weighted by Crippen LogP contribution is -2.37. The van der Waals surface area contributed by atoms with Crippen LogP contribution in [-0.4, -0.2) is 23.0 Å². The zero-order valence-corrected chi connectivity index (χ0v) is 11.2. The number of hydrogen-bond acceptors (Lipinski definition) is 3. The van der Waals surface area contributed by atoms with Gasteiger partial charge in [0, 0.05) is 4.88 Å². The monoisotopic (exact) mass is 267 g/mol. The smallest absolute Gasteiger partial charge is 0.325 e. The van der Waals surface area contributed by atoms with Crippen LogP contribution in [0, 0.1) is 0 Å². The molecule has 0 aromatic carbocycles. The highest BCUT2D eigenvalue weighted by Crippen LogP contribution is 2.28. The van der Waals surface area contributed by atoms with E-state index in [4.69, 9.17) is 5.11 Å². The largest absolute Gasteiger partial charge is 0.480 e. The van der Waals surface area contributed by atoms with Crippen molar-refractivity contribution < 1.29 is 14.7 Å². The summed E-state index contributed by atoms with van der Waals surface area (Å²) in [6.07, 6.45) is 5.69. The third-order valence-electron chi connectivity index (χ3n) is 3.19. The summed E-state index contributed by atoms with van der Waals surface area (Å²) in [4.78, 5) is 24.5. The van der Waals surface area contributed by atoms with E-state index in [0.717, 1.165) is 12.8 Å². The number of thiophene rings is 1. The third kappa shape index (κ3) is 2.90. The van der Waals surface area contributed by atoms with Gasteiger partial charge in [-0.15, -0.1) is 11.3 Å². The van der Waals surface area contributed by atoms with Crippen LogP contribution >= 0.6 is 11.3 Å². The Kier molecular flexibility index (Phi) is 4.01. The molecule has 2 rings (SSSR count). The summed E-state index contributed by atoms with van der Waals surface area (Å²) < 4.78 is 0. The number of aryl methyl sites for hydroxylation is 2. The van der Waals surface area contributed by atoms with Crippen molar-refractivity contribution in [1.29, 1.82) is 0 Å². The lowest BCUT2D eigenvalue weighted by molar-refractivity contribution is -0.138. The fraction of sp³-hybridized carbons (Fsp3) is 0.538. The molecule has 5 heteroatoms. The molecule has 1 aromatic heterocycles. The maximum Gasteiger partial charge on any atom is 0.325 e. The summed E-state index contributed by atoms with van der Waals surface area (Å²) >= 11 is 1.51. The van der Waals surface area contributed by atoms with Crippen molar-refractivity contribution in [3.05, 3.63) is 21.4 Å². The Hall–Kier alpha value is -1.36. The molecule has 1 heterocycles. The molecule has 0 saturated carbocycles. The molecule has 1 atom stereocenters. The van der Waals surface area contributed by atoms with Gasteiger partial charge in [0.05, 0.1) is 4.88 Å². The molecule has 1 aromatic rings. The fourth-order valence-corrected chi connectivity index (χ4v) is 3.27. The number of fused-ring (bicyclic) bond motifs is 1. The second kappa shape index (κ2) is 5.52. The molecule has 0 fully saturated rings. The van der Waals surface area contributed by atoms with Crippen molar-refractivity contribution in [1.82, 2.24) is 5.32 Å². The van der Waals surface area contributed by atoms with Gasteiger partial charge in [-0.3, -0.25) is 9.59 Å². The van der Waals surface area contributed by atoms with Crippen molar-refractivity contribution in [2.45, 2.75) is 45.1 Å². The van der Waals surface area contributed by atoms with Crippen LogP contribution in [0.5, 0.6) is 0 Å². The highest BCUT2D eigenvalue weighted by molar-refractivity contribution is 7.14. The van der Waals surface area contributed by atoms with Crippen molar-refractivity contribution >= 4 is 23.2 Å². The standard InChI is InChI=1S/C13H17NO3S/c1-8(13(16)17)14-12(15)11-7-9-5-3-2-4-6-10(9)18-11/h7-8H,2-6H2,1H3,(H,14,15)(H,16,17). The van der Waals surface area contributed by atoms with Gasteiger partial charge in [0.2, 0.25) is 0 Å². The van der Waals surface area contributed by atoms with E-state index >= 15 is 0 Å². The van der Waals surface area contributed by atoms with E-state index in [9.17, 15) is 9.59 Å². The van der Waals surface area contributed by atoms with Crippen LogP contribution in [0.15, 0.2) is 6.07 Å². The first-order valence-electron chi connectivity index (χ1n) is 6.23. The van der Waals surface area contributed by atoms with Gasteiger partial charge < -0.3 is 10.4 Å². The predicted molar refractivity (Wildman–Crippen MR) is 70.1 cm³/mol. The van der Waals surface area contributed by atoms with E-state index in [1.807, 2.05) is 6.07 Å². The van der Waals surface area contributed by atoms with Crippen molar-refractivity contribution in [3.63, 3.8) is 0 Å². The quantitative estimate of drug-likeness (QED) is 0.825. The Labute approximate surface area is 110 Å². The minimum atomic E-state index is -1.01. The van der Waals surface area contributed by atoms with Crippen LogP contribution in [0.25, 0.3) is 0 Å². The van der Waals surface area contributed by atoms with Crippen molar-refractivity contribution in [2.24, 2.45) is 0 Å². The Morgan fingerprint density at radius 2 is 2.06 bits per heavy atom. The molecule has 0 radical (unpaired) electrons. The van der Waals surface area contributed by atoms with E-state index in [1.165, 1.54) is 48.0 Å². The molecule has 2 N–H and O–H groups in total. The number of carbonyl (C=O) groups is 2. The molecule has 1 amide bonds. The molecule has 1 unspecified atom stereocenters. The first kappa shape index (κ1) is 13.1. The van der Waals surface area contributed by atoms with Crippen LogP contribution in [-0.2, 0) is 17.6 Å². The zero-order chi connectivity index (χ0) is 13.1. The van der Waals surface area contributed by atoms with Crippen LogP contribution in [0.2, 0.25) is 0 Å². The molecule has 1 aliphatic rings. The number of carbonyl (C=O) groups excluding carboxylic acids is 1. The molecule has 0 spiro atoms. The van der Waals surface area contributed by atoms with Gasteiger partial charge in [-0.1, -0.05) is 6.42 Å². The number of hydrogen-bond donors (Lipinski definition) is 2. The molecule has 0 aliphatic heterocycles. The topological polar surface area (TPSA) is 66.4 Å². The van der Waals surface area contributed by atoms with E-state index in [2.05, 4.69) is 5.32 Å². The molecular weight excluding hydrogens is 250 g/mol. The SMILES string of the molecule is CC(NC(=O)c1cc2c(s1)CCCCC2)C(=O)O. The van der Waals surface area contributed by atoms with Gasteiger partial charge in [-0.25, -0.2) is 0 Å². The predicted octanol–water partition coefficient (Wildman–Crippen LogP) is 2.22. The maximum absolute atomic E-state index is 11.9. The van der Waals surface area contributed by atoms with Gasteiger partial charge >= 0.3 is 5.97 Å². The van der Waals surface area contributed by atoms with Gasteiger partial charge in [-0.05, 0) is 44.2 Å². The van der Waals surface area contributed by atoms with Gasteiger partial charge in [0.25, 0.3) is 5.91 Å². The summed E-state index contributed by atoms with van der Waals surface area (Å²) in [6, 6.07) is 1.08. The summed E-state index contributed by atoms with van der Waals surface area (Å²) in [6.45, 7) is 1.47. The van der Waals surface area contributed by atoms with E-state index in [1.54, 1.807) is 0 Å². The van der Waals surface area contributed by atoms with E-state index in [-0.39, 0.29) is 5.91 Å². The second-order valence-electron chi connectivity index (χ2n) is 4.65. The summed E-state index contributed by atoms with van der Waals surface area (Å²) in [5.41, 5.74) is 1.27. The van der Waals surface area contributed by atoms with Gasteiger partial charge in [0.1, 0.15) is 6.04 Å². The molecular formula is C13H17NO3S. The second-order valence-corrected chi connectivity index (χ2v) is 5.79. The average Bonchev–Trinajstić information content (AvgIpc) is 2.61. The third-order valence-corrected chi connectivity index (χ3v) is 4.42. The van der Waals surface area contributed by atoms with Crippen LogP contribution in [0.1, 0.15) is 46.3 Å². The number of rotatable bonds is 3. The maximum atomic E-state index is 11.9. The summed E-state index contributed by atoms with van der Waals surface area (Å²) in [5, 5.41) is 11.3. The number of aliphatic carboxylic acids is 1. The van der Waals surface area contributed by atoms with E-state index < -0.39 is 12.0 Å². The number of amides is 1. The first-order valence-corrected chi connectivity index (χ1v) is 7.05. The summed E-state index contributed by atoms with van der Waals surface area (Å²) in [5.74, 6) is -1.29. The van der Waals surface area contributed by atoms with Crippen molar-refractivity contribution in [3.8, 4) is 0 Å². The van der Waals surface area contributed by atoms with Crippen molar-refractivity contribution in [2.75, 3.05) is 0 Å². The highest BCUT2D eigenvalue weighted by Gasteiger charge is 2.19. The van der Waals surface area contributed by atoms with Crippen LogP contribution < -0.4 is 5.32 Å². The number of carboxylic acids is 1. The van der Waals surface area contributed by atoms with Crippen LogP contribution in [0.3, 0.4) is 0 Å². The van der Waals surface area contributed by atoms with Gasteiger partial charge in [0.15, 0.2) is 0 Å². The minimum absolute atomic E-state index is 0.275. The fourth-order valence-electron chi connectivity index (χ4n) is 2.11. The minimum Gasteiger partial charge on any atom is -0.480 e. The number of carboxylic acid groups (broad SMARTS) is 1. The Morgan fingerprint density at radius 3 is 2.78 bits per heavy atom. The first-order chi connectivity index (χ1) is 8.58. The molecule has 98 valence electrons. The molecule has 0 saturated heterocycles. The molecule has 18 heavy (non-hydrogen) atoms. The summed E-state index contributed by atoms with van der Waals surface area (Å²) in [7, 11) is 0.